The molecule has 0 heterocycles. The zero-order chi connectivity index (χ0) is 15.3. The van der Waals surface area contributed by atoms with Gasteiger partial charge in [0, 0.05) is 10.6 Å². The van der Waals surface area contributed by atoms with E-state index in [0.717, 1.165) is 19.3 Å². The highest BCUT2D eigenvalue weighted by Gasteiger charge is 2.32. The summed E-state index contributed by atoms with van der Waals surface area (Å²) in [4.78, 5) is 12.1. The molecule has 1 atom stereocenters. The summed E-state index contributed by atoms with van der Waals surface area (Å²) < 4.78 is 0. The lowest BCUT2D eigenvalue weighted by atomic mass is 9.82. The third kappa shape index (κ3) is 4.20. The van der Waals surface area contributed by atoms with Crippen LogP contribution in [0.4, 0.5) is 0 Å². The van der Waals surface area contributed by atoms with Gasteiger partial charge in [-0.25, -0.2) is 0 Å². The van der Waals surface area contributed by atoms with Crippen LogP contribution in [0.3, 0.4) is 0 Å². The lowest BCUT2D eigenvalue weighted by Crippen LogP contribution is -2.39. The van der Waals surface area contributed by atoms with Crippen LogP contribution in [-0.4, -0.2) is 16.6 Å². The number of carbonyl (C=O) groups excluding carboxylic acids is 1. The van der Waals surface area contributed by atoms with Crippen molar-refractivity contribution in [2.24, 2.45) is 0 Å². The number of amides is 1. The minimum absolute atomic E-state index is 0.0373. The molecule has 1 amide bonds. The number of hydrogen-bond acceptors (Lipinski definition) is 3. The van der Waals surface area contributed by atoms with Crippen molar-refractivity contribution in [3.05, 3.63) is 34.9 Å². The standard InChI is InChI=1S/C16H19ClN2O2/c17-13-7-3-2-6-12(13)14(11-18)19-15(20)10-16(21)8-4-1-5-9-16/h2-3,6-7,14,21H,1,4-5,8-10H2,(H,19,20)/t14-/m1/s1. The molecule has 1 fully saturated rings. The summed E-state index contributed by atoms with van der Waals surface area (Å²) in [6, 6.07) is 8.19. The topological polar surface area (TPSA) is 73.1 Å². The summed E-state index contributed by atoms with van der Waals surface area (Å²) in [6.07, 6.45) is 4.30. The highest BCUT2D eigenvalue weighted by Crippen LogP contribution is 2.31. The SMILES string of the molecule is N#C[C@@H](NC(=O)CC1(O)CCCCC1)c1ccccc1Cl. The molecule has 0 radical (unpaired) electrons. The van der Waals surface area contributed by atoms with E-state index in [4.69, 9.17) is 11.6 Å². The number of rotatable bonds is 4. The van der Waals surface area contributed by atoms with Gasteiger partial charge in [-0.3, -0.25) is 4.79 Å². The lowest BCUT2D eigenvalue weighted by Gasteiger charge is -2.31. The maximum Gasteiger partial charge on any atom is 0.224 e. The van der Waals surface area contributed by atoms with E-state index >= 15 is 0 Å². The van der Waals surface area contributed by atoms with E-state index in [-0.39, 0.29) is 12.3 Å². The first-order valence-electron chi connectivity index (χ1n) is 7.20. The number of nitriles is 1. The predicted molar refractivity (Wildman–Crippen MR) is 80.6 cm³/mol. The third-order valence-electron chi connectivity index (χ3n) is 3.92. The van der Waals surface area contributed by atoms with E-state index in [9.17, 15) is 15.2 Å². The van der Waals surface area contributed by atoms with Gasteiger partial charge in [0.25, 0.3) is 0 Å². The van der Waals surface area contributed by atoms with E-state index in [1.807, 2.05) is 6.07 Å². The van der Waals surface area contributed by atoms with Crippen LogP contribution < -0.4 is 5.32 Å². The summed E-state index contributed by atoms with van der Waals surface area (Å²) in [7, 11) is 0. The Hall–Kier alpha value is -1.57. The largest absolute Gasteiger partial charge is 0.389 e. The van der Waals surface area contributed by atoms with Gasteiger partial charge in [-0.1, -0.05) is 49.1 Å². The second-order valence-electron chi connectivity index (χ2n) is 5.61. The van der Waals surface area contributed by atoms with Gasteiger partial charge in [0.2, 0.25) is 5.91 Å². The fourth-order valence-corrected chi connectivity index (χ4v) is 3.03. The Labute approximate surface area is 129 Å². The van der Waals surface area contributed by atoms with Crippen molar-refractivity contribution in [1.29, 1.82) is 5.26 Å². The minimum atomic E-state index is -0.928. The molecule has 1 saturated carbocycles. The molecule has 0 aromatic heterocycles. The van der Waals surface area contributed by atoms with Gasteiger partial charge in [0.15, 0.2) is 0 Å². The number of hydrogen-bond donors (Lipinski definition) is 2. The van der Waals surface area contributed by atoms with E-state index in [2.05, 4.69) is 5.32 Å². The van der Waals surface area contributed by atoms with Crippen molar-refractivity contribution < 1.29 is 9.90 Å². The Morgan fingerprint density at radius 3 is 2.67 bits per heavy atom. The number of nitrogens with one attached hydrogen (secondary N) is 1. The summed E-state index contributed by atoms with van der Waals surface area (Å²) in [5.74, 6) is -0.314. The van der Waals surface area contributed by atoms with Gasteiger partial charge in [0.1, 0.15) is 6.04 Å². The van der Waals surface area contributed by atoms with Crippen LogP contribution >= 0.6 is 11.6 Å². The van der Waals surface area contributed by atoms with Crippen LogP contribution in [0.25, 0.3) is 0 Å². The van der Waals surface area contributed by atoms with Crippen LogP contribution in [0.15, 0.2) is 24.3 Å². The third-order valence-corrected chi connectivity index (χ3v) is 4.27. The maximum absolute atomic E-state index is 12.1. The number of nitrogens with zero attached hydrogens (tertiary/aromatic N) is 1. The Morgan fingerprint density at radius 1 is 1.38 bits per heavy atom. The first kappa shape index (κ1) is 15.8. The number of carbonyl (C=O) groups is 1. The second kappa shape index (κ2) is 6.93. The molecule has 4 nitrogen and oxygen atoms in total. The van der Waals surface area contributed by atoms with E-state index in [0.29, 0.717) is 23.4 Å². The fourth-order valence-electron chi connectivity index (χ4n) is 2.79. The van der Waals surface area contributed by atoms with Crippen LogP contribution in [0, 0.1) is 11.3 Å². The van der Waals surface area contributed by atoms with Crippen LogP contribution in [-0.2, 0) is 4.79 Å². The Bertz CT molecular complexity index is 547. The second-order valence-corrected chi connectivity index (χ2v) is 6.02. The first-order valence-corrected chi connectivity index (χ1v) is 7.58. The molecule has 5 heteroatoms. The summed E-state index contributed by atoms with van der Waals surface area (Å²) >= 11 is 6.05. The van der Waals surface area contributed by atoms with Gasteiger partial charge in [0.05, 0.1) is 18.1 Å². The quantitative estimate of drug-likeness (QED) is 0.897. The van der Waals surface area contributed by atoms with E-state index in [1.165, 1.54) is 0 Å². The molecule has 0 saturated heterocycles. The molecule has 2 N–H and O–H groups in total. The fraction of sp³-hybridized carbons (Fsp3) is 0.500. The maximum atomic E-state index is 12.1. The molecule has 1 aromatic carbocycles. The van der Waals surface area contributed by atoms with Gasteiger partial charge >= 0.3 is 0 Å². The first-order chi connectivity index (χ1) is 10.0. The normalized spacial score (nSPS) is 18.5. The smallest absolute Gasteiger partial charge is 0.224 e. The van der Waals surface area contributed by atoms with Gasteiger partial charge in [-0.15, -0.1) is 0 Å². The monoisotopic (exact) mass is 306 g/mol. The average molecular weight is 307 g/mol. The van der Waals surface area contributed by atoms with Crippen molar-refractivity contribution >= 4 is 17.5 Å². The Kier molecular flexibility index (Phi) is 5.22. The molecule has 21 heavy (non-hydrogen) atoms. The summed E-state index contributed by atoms with van der Waals surface area (Å²) in [5.41, 5.74) is -0.353. The molecular weight excluding hydrogens is 288 g/mol. The van der Waals surface area contributed by atoms with E-state index < -0.39 is 11.6 Å². The van der Waals surface area contributed by atoms with E-state index in [1.54, 1.807) is 24.3 Å². The van der Waals surface area contributed by atoms with Crippen LogP contribution in [0.1, 0.15) is 50.1 Å². The zero-order valence-corrected chi connectivity index (χ0v) is 12.6. The van der Waals surface area contributed by atoms with Crippen LogP contribution in [0.2, 0.25) is 5.02 Å². The van der Waals surface area contributed by atoms with Crippen LogP contribution in [0.5, 0.6) is 0 Å². The van der Waals surface area contributed by atoms with Crippen molar-refractivity contribution in [2.45, 2.75) is 50.2 Å². The molecule has 0 bridgehead atoms. The molecule has 1 aliphatic rings. The molecule has 0 unspecified atom stereocenters. The molecular formula is C16H19ClN2O2. The number of aliphatic hydroxyl groups is 1. The summed E-state index contributed by atoms with van der Waals surface area (Å²) in [6.45, 7) is 0. The van der Waals surface area contributed by atoms with Gasteiger partial charge in [-0.2, -0.15) is 5.26 Å². The van der Waals surface area contributed by atoms with Gasteiger partial charge < -0.3 is 10.4 Å². The molecule has 0 aliphatic heterocycles. The van der Waals surface area contributed by atoms with Crippen molar-refractivity contribution in [2.75, 3.05) is 0 Å². The highest BCUT2D eigenvalue weighted by atomic mass is 35.5. The Balaban J connectivity index is 2.01. The van der Waals surface area contributed by atoms with Crippen molar-refractivity contribution in [3.63, 3.8) is 0 Å². The van der Waals surface area contributed by atoms with Crippen molar-refractivity contribution in [1.82, 2.24) is 5.32 Å². The molecule has 2 rings (SSSR count). The molecule has 112 valence electrons. The molecule has 0 spiro atoms. The van der Waals surface area contributed by atoms with Gasteiger partial charge in [-0.05, 0) is 18.9 Å². The predicted octanol–water partition coefficient (Wildman–Crippen LogP) is 3.11. The average Bonchev–Trinajstić information content (AvgIpc) is 2.46. The lowest BCUT2D eigenvalue weighted by molar-refractivity contribution is -0.127. The number of halogens is 1. The zero-order valence-electron chi connectivity index (χ0n) is 11.8. The minimum Gasteiger partial charge on any atom is -0.389 e. The highest BCUT2D eigenvalue weighted by molar-refractivity contribution is 6.31. The summed E-state index contributed by atoms with van der Waals surface area (Å²) in [5, 5.41) is 22.7. The molecule has 1 aliphatic carbocycles. The Morgan fingerprint density at radius 2 is 2.05 bits per heavy atom. The molecule has 1 aromatic rings. The number of benzene rings is 1. The van der Waals surface area contributed by atoms with Crippen molar-refractivity contribution in [3.8, 4) is 6.07 Å².